The number of thiazole rings is 1. The van der Waals surface area contributed by atoms with E-state index in [1.165, 1.54) is 24.3 Å². The first kappa shape index (κ1) is 14.0. The SMILES string of the molecule is CC1CCC(C(C)C)C(NC(C)c2nccs2)C1. The van der Waals surface area contributed by atoms with Gasteiger partial charge in [-0.2, -0.15) is 0 Å². The van der Waals surface area contributed by atoms with Crippen molar-refractivity contribution in [2.75, 3.05) is 0 Å². The molecule has 2 nitrogen and oxygen atoms in total. The van der Waals surface area contributed by atoms with Crippen LogP contribution in [-0.4, -0.2) is 11.0 Å². The molecule has 0 amide bonds. The molecule has 1 aromatic rings. The quantitative estimate of drug-likeness (QED) is 0.881. The van der Waals surface area contributed by atoms with Gasteiger partial charge < -0.3 is 5.32 Å². The Hall–Kier alpha value is -0.410. The van der Waals surface area contributed by atoms with E-state index in [1.54, 1.807) is 11.3 Å². The Morgan fingerprint density at radius 3 is 2.72 bits per heavy atom. The highest BCUT2D eigenvalue weighted by molar-refractivity contribution is 7.09. The molecule has 1 aliphatic carbocycles. The van der Waals surface area contributed by atoms with Gasteiger partial charge in [0.1, 0.15) is 5.01 Å². The van der Waals surface area contributed by atoms with Crippen molar-refractivity contribution in [2.45, 2.75) is 59.0 Å². The second-order valence-electron chi connectivity index (χ2n) is 6.19. The summed E-state index contributed by atoms with van der Waals surface area (Å²) in [4.78, 5) is 4.43. The van der Waals surface area contributed by atoms with E-state index in [-0.39, 0.29) is 0 Å². The normalized spacial score (nSPS) is 30.6. The van der Waals surface area contributed by atoms with E-state index in [1.807, 2.05) is 6.20 Å². The minimum Gasteiger partial charge on any atom is -0.305 e. The Kier molecular flexibility index (Phi) is 4.79. The van der Waals surface area contributed by atoms with Gasteiger partial charge >= 0.3 is 0 Å². The number of rotatable bonds is 4. The molecule has 0 bridgehead atoms. The van der Waals surface area contributed by atoms with Crippen molar-refractivity contribution in [3.8, 4) is 0 Å². The summed E-state index contributed by atoms with van der Waals surface area (Å²) in [6, 6.07) is 1.05. The van der Waals surface area contributed by atoms with Gasteiger partial charge in [-0.25, -0.2) is 4.98 Å². The summed E-state index contributed by atoms with van der Waals surface area (Å²) in [5, 5.41) is 7.12. The van der Waals surface area contributed by atoms with Gasteiger partial charge in [0.15, 0.2) is 0 Å². The third-order valence-corrected chi connectivity index (χ3v) is 5.27. The molecule has 0 radical (unpaired) electrons. The topological polar surface area (TPSA) is 24.9 Å². The van der Waals surface area contributed by atoms with Crippen LogP contribution in [0.2, 0.25) is 0 Å². The molecule has 3 heteroatoms. The van der Waals surface area contributed by atoms with E-state index in [0.29, 0.717) is 12.1 Å². The maximum Gasteiger partial charge on any atom is 0.109 e. The maximum atomic E-state index is 4.43. The summed E-state index contributed by atoms with van der Waals surface area (Å²) in [5.74, 6) is 2.46. The molecule has 1 N–H and O–H groups in total. The number of nitrogens with zero attached hydrogens (tertiary/aromatic N) is 1. The number of aromatic nitrogens is 1. The predicted molar refractivity (Wildman–Crippen MR) is 78.8 cm³/mol. The minimum absolute atomic E-state index is 0.390. The van der Waals surface area contributed by atoms with E-state index in [4.69, 9.17) is 0 Å². The van der Waals surface area contributed by atoms with Crippen LogP contribution in [0.5, 0.6) is 0 Å². The van der Waals surface area contributed by atoms with Crippen molar-refractivity contribution in [1.82, 2.24) is 10.3 Å². The Labute approximate surface area is 115 Å². The van der Waals surface area contributed by atoms with Gasteiger partial charge in [-0.1, -0.05) is 27.2 Å². The highest BCUT2D eigenvalue weighted by Gasteiger charge is 2.31. The van der Waals surface area contributed by atoms with E-state index < -0.39 is 0 Å². The van der Waals surface area contributed by atoms with Gasteiger partial charge in [0.25, 0.3) is 0 Å². The molecule has 0 saturated heterocycles. The van der Waals surface area contributed by atoms with Crippen LogP contribution >= 0.6 is 11.3 Å². The third-order valence-electron chi connectivity index (χ3n) is 4.31. The zero-order valence-corrected chi connectivity index (χ0v) is 12.8. The van der Waals surface area contributed by atoms with Crippen LogP contribution in [-0.2, 0) is 0 Å². The zero-order chi connectivity index (χ0) is 13.1. The van der Waals surface area contributed by atoms with E-state index in [2.05, 4.69) is 43.4 Å². The lowest BCUT2D eigenvalue weighted by Gasteiger charge is -2.39. The van der Waals surface area contributed by atoms with Gasteiger partial charge in [-0.15, -0.1) is 11.3 Å². The molecule has 1 aromatic heterocycles. The van der Waals surface area contributed by atoms with Gasteiger partial charge in [-0.3, -0.25) is 0 Å². The second kappa shape index (κ2) is 6.16. The molecule has 4 atom stereocenters. The molecule has 18 heavy (non-hydrogen) atoms. The summed E-state index contributed by atoms with van der Waals surface area (Å²) in [6.07, 6.45) is 5.99. The van der Waals surface area contributed by atoms with Gasteiger partial charge in [0, 0.05) is 17.6 Å². The van der Waals surface area contributed by atoms with Crippen molar-refractivity contribution in [1.29, 1.82) is 0 Å². The molecule has 1 aliphatic rings. The smallest absolute Gasteiger partial charge is 0.109 e. The summed E-state index contributed by atoms with van der Waals surface area (Å²) < 4.78 is 0. The van der Waals surface area contributed by atoms with Crippen LogP contribution in [0.4, 0.5) is 0 Å². The lowest BCUT2D eigenvalue weighted by molar-refractivity contribution is 0.161. The minimum atomic E-state index is 0.390. The van der Waals surface area contributed by atoms with Crippen LogP contribution in [0.1, 0.15) is 58.0 Å². The first-order valence-electron chi connectivity index (χ1n) is 7.23. The fourth-order valence-electron chi connectivity index (χ4n) is 3.23. The average Bonchev–Trinajstić information content (AvgIpc) is 2.81. The van der Waals surface area contributed by atoms with E-state index in [0.717, 1.165) is 17.8 Å². The van der Waals surface area contributed by atoms with E-state index in [9.17, 15) is 0 Å². The Bertz CT molecular complexity index is 347. The van der Waals surface area contributed by atoms with E-state index >= 15 is 0 Å². The maximum absolute atomic E-state index is 4.43. The van der Waals surface area contributed by atoms with Crippen LogP contribution in [0.3, 0.4) is 0 Å². The van der Waals surface area contributed by atoms with Gasteiger partial charge in [0.05, 0.1) is 6.04 Å². The highest BCUT2D eigenvalue weighted by atomic mass is 32.1. The van der Waals surface area contributed by atoms with Crippen molar-refractivity contribution in [3.05, 3.63) is 16.6 Å². The molecule has 102 valence electrons. The summed E-state index contributed by atoms with van der Waals surface area (Å²) >= 11 is 1.76. The zero-order valence-electron chi connectivity index (χ0n) is 12.0. The standard InChI is InChI=1S/C15H26N2S/c1-10(2)13-6-5-11(3)9-14(13)17-12(4)15-16-7-8-18-15/h7-8,10-14,17H,5-6,9H2,1-4H3. The van der Waals surface area contributed by atoms with Gasteiger partial charge in [0.2, 0.25) is 0 Å². The highest BCUT2D eigenvalue weighted by Crippen LogP contribution is 2.34. The van der Waals surface area contributed by atoms with Crippen molar-refractivity contribution < 1.29 is 0 Å². The summed E-state index contributed by atoms with van der Waals surface area (Å²) in [7, 11) is 0. The second-order valence-corrected chi connectivity index (χ2v) is 7.12. The van der Waals surface area contributed by atoms with Crippen LogP contribution in [0.25, 0.3) is 0 Å². The fourth-order valence-corrected chi connectivity index (χ4v) is 3.89. The van der Waals surface area contributed by atoms with Crippen LogP contribution in [0.15, 0.2) is 11.6 Å². The van der Waals surface area contributed by atoms with Crippen molar-refractivity contribution in [2.24, 2.45) is 17.8 Å². The molecular weight excluding hydrogens is 240 g/mol. The average molecular weight is 266 g/mol. The van der Waals surface area contributed by atoms with Crippen LogP contribution < -0.4 is 5.32 Å². The van der Waals surface area contributed by atoms with Crippen LogP contribution in [0, 0.1) is 17.8 Å². The predicted octanol–water partition coefficient (Wildman–Crippen LogP) is 4.25. The molecule has 0 aliphatic heterocycles. The summed E-state index contributed by atoms with van der Waals surface area (Å²) in [6.45, 7) is 9.36. The Morgan fingerprint density at radius 1 is 1.33 bits per heavy atom. The number of nitrogens with one attached hydrogen (secondary N) is 1. The molecule has 1 fully saturated rings. The molecule has 2 rings (SSSR count). The lowest BCUT2D eigenvalue weighted by Crippen LogP contribution is -2.43. The number of hydrogen-bond donors (Lipinski definition) is 1. The van der Waals surface area contributed by atoms with Crippen molar-refractivity contribution >= 4 is 11.3 Å². The lowest BCUT2D eigenvalue weighted by atomic mass is 9.74. The third kappa shape index (κ3) is 3.33. The first-order chi connectivity index (χ1) is 8.58. The van der Waals surface area contributed by atoms with Crippen molar-refractivity contribution in [3.63, 3.8) is 0 Å². The Balaban J connectivity index is 2.00. The molecule has 1 heterocycles. The monoisotopic (exact) mass is 266 g/mol. The number of hydrogen-bond acceptors (Lipinski definition) is 3. The largest absolute Gasteiger partial charge is 0.305 e. The first-order valence-corrected chi connectivity index (χ1v) is 8.11. The molecular formula is C15H26N2S. The molecule has 0 spiro atoms. The molecule has 1 saturated carbocycles. The fraction of sp³-hybridized carbons (Fsp3) is 0.800. The molecule has 0 aromatic carbocycles. The van der Waals surface area contributed by atoms with Gasteiger partial charge in [-0.05, 0) is 37.5 Å². The Morgan fingerprint density at radius 2 is 2.11 bits per heavy atom. The summed E-state index contributed by atoms with van der Waals surface area (Å²) in [5.41, 5.74) is 0. The molecule has 4 unspecified atom stereocenters.